The number of aromatic nitrogens is 3. The molecule has 0 bridgehead atoms. The number of carbonyl (C=O) groups excluding carboxylic acids is 1. The molecule has 0 spiro atoms. The van der Waals surface area contributed by atoms with Crippen LogP contribution in [0.3, 0.4) is 0 Å². The molecule has 0 fully saturated rings. The number of benzene rings is 2. The third-order valence-electron chi connectivity index (χ3n) is 3.67. The van der Waals surface area contributed by atoms with Crippen molar-refractivity contribution in [3.05, 3.63) is 78.4 Å². The van der Waals surface area contributed by atoms with E-state index in [9.17, 15) is 4.79 Å². The van der Waals surface area contributed by atoms with E-state index in [-0.39, 0.29) is 5.78 Å². The van der Waals surface area contributed by atoms with Crippen LogP contribution >= 0.6 is 0 Å². The third-order valence-corrected chi connectivity index (χ3v) is 3.67. The summed E-state index contributed by atoms with van der Waals surface area (Å²) >= 11 is 0. The van der Waals surface area contributed by atoms with E-state index >= 15 is 0 Å². The molecule has 0 aliphatic carbocycles. The molecule has 5 heteroatoms. The van der Waals surface area contributed by atoms with Gasteiger partial charge in [0.15, 0.2) is 5.78 Å². The zero-order chi connectivity index (χ0) is 16.9. The van der Waals surface area contributed by atoms with Gasteiger partial charge in [-0.05, 0) is 48.0 Å². The molecular weight excluding hydrogens is 300 g/mol. The Labute approximate surface area is 140 Å². The minimum atomic E-state index is -0.0307. The first-order valence-corrected chi connectivity index (χ1v) is 7.58. The molecule has 0 amide bonds. The van der Waals surface area contributed by atoms with Crippen LogP contribution in [0.15, 0.2) is 67.3 Å². The van der Waals surface area contributed by atoms with Crippen LogP contribution in [0.25, 0.3) is 11.8 Å². The summed E-state index contributed by atoms with van der Waals surface area (Å²) in [7, 11) is 3.99. The largest absolute Gasteiger partial charge is 0.378 e. The lowest BCUT2D eigenvalue weighted by molar-refractivity contribution is 0.104. The summed E-state index contributed by atoms with van der Waals surface area (Å²) in [4.78, 5) is 18.2. The molecule has 120 valence electrons. The smallest absolute Gasteiger partial charge is 0.185 e. The molecule has 5 nitrogen and oxygen atoms in total. The summed E-state index contributed by atoms with van der Waals surface area (Å²) in [5, 5.41) is 4.06. The molecule has 0 atom stereocenters. The maximum atomic E-state index is 12.3. The lowest BCUT2D eigenvalue weighted by atomic mass is 10.1. The molecule has 3 rings (SSSR count). The third kappa shape index (κ3) is 3.57. The highest BCUT2D eigenvalue weighted by molar-refractivity contribution is 6.06. The van der Waals surface area contributed by atoms with E-state index in [0.29, 0.717) is 5.56 Å². The van der Waals surface area contributed by atoms with E-state index in [0.717, 1.165) is 16.9 Å². The first-order valence-electron chi connectivity index (χ1n) is 7.58. The number of carbonyl (C=O) groups is 1. The minimum Gasteiger partial charge on any atom is -0.378 e. The van der Waals surface area contributed by atoms with Gasteiger partial charge in [0, 0.05) is 25.3 Å². The van der Waals surface area contributed by atoms with Crippen LogP contribution in [0, 0.1) is 0 Å². The highest BCUT2D eigenvalue weighted by Crippen LogP contribution is 2.14. The molecule has 24 heavy (non-hydrogen) atoms. The number of nitrogens with zero attached hydrogens (tertiary/aromatic N) is 4. The van der Waals surface area contributed by atoms with Gasteiger partial charge < -0.3 is 4.90 Å². The fourth-order valence-electron chi connectivity index (χ4n) is 2.27. The van der Waals surface area contributed by atoms with Gasteiger partial charge >= 0.3 is 0 Å². The second-order valence-corrected chi connectivity index (χ2v) is 5.57. The summed E-state index contributed by atoms with van der Waals surface area (Å²) in [5.74, 6) is -0.0307. The zero-order valence-corrected chi connectivity index (χ0v) is 13.6. The van der Waals surface area contributed by atoms with Crippen LogP contribution in [0.2, 0.25) is 0 Å². The summed E-state index contributed by atoms with van der Waals surface area (Å²) in [6.45, 7) is 0. The Morgan fingerprint density at radius 1 is 1.04 bits per heavy atom. The van der Waals surface area contributed by atoms with E-state index in [1.807, 2.05) is 61.5 Å². The molecule has 0 N–H and O–H groups in total. The fourth-order valence-corrected chi connectivity index (χ4v) is 2.27. The number of rotatable bonds is 5. The SMILES string of the molecule is CN(C)c1ccc(/C=C/C(=O)c2ccc(-n3cncn3)cc2)cc1. The van der Waals surface area contributed by atoms with Gasteiger partial charge in [-0.15, -0.1) is 0 Å². The predicted molar refractivity (Wildman–Crippen MR) is 95.5 cm³/mol. The number of hydrogen-bond donors (Lipinski definition) is 0. The van der Waals surface area contributed by atoms with Crippen LogP contribution in [-0.4, -0.2) is 34.6 Å². The van der Waals surface area contributed by atoms with Crippen LogP contribution in [0.5, 0.6) is 0 Å². The molecule has 2 aromatic carbocycles. The molecule has 0 aliphatic heterocycles. The molecular formula is C19H18N4O. The zero-order valence-electron chi connectivity index (χ0n) is 13.6. The monoisotopic (exact) mass is 318 g/mol. The van der Waals surface area contributed by atoms with Crippen LogP contribution in [-0.2, 0) is 0 Å². The number of allylic oxidation sites excluding steroid dienone is 1. The van der Waals surface area contributed by atoms with E-state index in [4.69, 9.17) is 0 Å². The highest BCUT2D eigenvalue weighted by atomic mass is 16.1. The molecule has 1 heterocycles. The summed E-state index contributed by atoms with van der Waals surface area (Å²) in [6.07, 6.45) is 6.51. The van der Waals surface area contributed by atoms with Crippen molar-refractivity contribution < 1.29 is 4.79 Å². The van der Waals surface area contributed by atoms with Gasteiger partial charge in [0.25, 0.3) is 0 Å². The topological polar surface area (TPSA) is 51.0 Å². The summed E-state index contributed by atoms with van der Waals surface area (Å²) in [6, 6.07) is 15.3. The Balaban J connectivity index is 1.70. The van der Waals surface area contributed by atoms with Crippen LogP contribution < -0.4 is 4.90 Å². The Morgan fingerprint density at radius 2 is 1.75 bits per heavy atom. The summed E-state index contributed by atoms with van der Waals surface area (Å²) in [5.41, 5.74) is 3.63. The van der Waals surface area contributed by atoms with Gasteiger partial charge in [-0.1, -0.05) is 18.2 Å². The molecule has 0 saturated carbocycles. The molecule has 0 saturated heterocycles. The van der Waals surface area contributed by atoms with E-state index in [2.05, 4.69) is 10.1 Å². The molecule has 0 unspecified atom stereocenters. The normalized spacial score (nSPS) is 10.9. The van der Waals surface area contributed by atoms with Gasteiger partial charge in [0.2, 0.25) is 0 Å². The van der Waals surface area contributed by atoms with Gasteiger partial charge in [-0.2, -0.15) is 5.10 Å². The molecule has 0 radical (unpaired) electrons. The van der Waals surface area contributed by atoms with Gasteiger partial charge in [0.05, 0.1) is 5.69 Å². The van der Waals surface area contributed by atoms with E-state index < -0.39 is 0 Å². The van der Waals surface area contributed by atoms with Crippen LogP contribution in [0.1, 0.15) is 15.9 Å². The fraction of sp³-hybridized carbons (Fsp3) is 0.105. The lowest BCUT2D eigenvalue weighted by Crippen LogP contribution is -2.07. The Kier molecular flexibility index (Phi) is 4.52. The first-order chi connectivity index (χ1) is 11.6. The Hall–Kier alpha value is -3.21. The van der Waals surface area contributed by atoms with Crippen molar-refractivity contribution in [2.45, 2.75) is 0 Å². The van der Waals surface area contributed by atoms with Crippen molar-refractivity contribution in [3.8, 4) is 5.69 Å². The maximum absolute atomic E-state index is 12.3. The predicted octanol–water partition coefficient (Wildman–Crippen LogP) is 3.23. The van der Waals surface area contributed by atoms with Crippen molar-refractivity contribution in [2.75, 3.05) is 19.0 Å². The van der Waals surface area contributed by atoms with Gasteiger partial charge in [0.1, 0.15) is 12.7 Å². The Bertz CT molecular complexity index is 832. The second-order valence-electron chi connectivity index (χ2n) is 5.57. The molecule has 3 aromatic rings. The van der Waals surface area contributed by atoms with Gasteiger partial charge in [-0.25, -0.2) is 9.67 Å². The van der Waals surface area contributed by atoms with Crippen molar-refractivity contribution >= 4 is 17.5 Å². The van der Waals surface area contributed by atoms with E-state index in [1.54, 1.807) is 29.2 Å². The van der Waals surface area contributed by atoms with Crippen molar-refractivity contribution in [2.24, 2.45) is 0 Å². The van der Waals surface area contributed by atoms with Crippen molar-refractivity contribution in [1.82, 2.24) is 14.8 Å². The number of ketones is 1. The number of anilines is 1. The average Bonchev–Trinajstić information content (AvgIpc) is 3.15. The average molecular weight is 318 g/mol. The highest BCUT2D eigenvalue weighted by Gasteiger charge is 2.03. The Morgan fingerprint density at radius 3 is 2.33 bits per heavy atom. The van der Waals surface area contributed by atoms with Crippen LogP contribution in [0.4, 0.5) is 5.69 Å². The number of hydrogen-bond acceptors (Lipinski definition) is 4. The van der Waals surface area contributed by atoms with Crippen molar-refractivity contribution in [3.63, 3.8) is 0 Å². The van der Waals surface area contributed by atoms with E-state index in [1.165, 1.54) is 6.33 Å². The summed E-state index contributed by atoms with van der Waals surface area (Å²) < 4.78 is 1.65. The standard InChI is InChI=1S/C19H18N4O/c1-22(2)17-8-3-15(4-9-17)5-12-19(24)16-6-10-18(11-7-16)23-14-20-13-21-23/h3-14H,1-2H3/b12-5+. The first kappa shape index (κ1) is 15.7. The molecule has 1 aromatic heterocycles. The maximum Gasteiger partial charge on any atom is 0.185 e. The molecule has 0 aliphatic rings. The van der Waals surface area contributed by atoms with Gasteiger partial charge in [-0.3, -0.25) is 4.79 Å². The lowest BCUT2D eigenvalue weighted by Gasteiger charge is -2.11. The van der Waals surface area contributed by atoms with Crippen molar-refractivity contribution in [1.29, 1.82) is 0 Å². The quantitative estimate of drug-likeness (QED) is 0.535. The minimum absolute atomic E-state index is 0.0307. The second kappa shape index (κ2) is 6.91.